The van der Waals surface area contributed by atoms with E-state index in [1.54, 1.807) is 19.1 Å². The van der Waals surface area contributed by atoms with Crippen LogP contribution in [-0.4, -0.2) is 55.9 Å². The summed E-state index contributed by atoms with van der Waals surface area (Å²) < 4.78 is 28.3. The lowest BCUT2D eigenvalue weighted by molar-refractivity contribution is -0.136. The third kappa shape index (κ3) is 4.56. The Bertz CT molecular complexity index is 721. The maximum absolute atomic E-state index is 12.3. The average Bonchev–Trinajstić information content (AvgIpc) is 2.84. The van der Waals surface area contributed by atoms with Gasteiger partial charge in [-0.3, -0.25) is 4.79 Å². The molecule has 0 aromatic heterocycles. The minimum atomic E-state index is -3.07. The molecule has 1 heterocycles. The van der Waals surface area contributed by atoms with E-state index in [1.807, 2.05) is 19.9 Å². The van der Waals surface area contributed by atoms with Crippen molar-refractivity contribution in [2.45, 2.75) is 33.2 Å². The van der Waals surface area contributed by atoms with Gasteiger partial charge in [-0.05, 0) is 39.3 Å². The van der Waals surface area contributed by atoms with Crippen LogP contribution in [0.4, 0.5) is 0 Å². The number of ether oxygens (including phenoxy) is 1. The molecule has 1 fully saturated rings. The molecular formula is C17H23NO5S. The van der Waals surface area contributed by atoms with Crippen molar-refractivity contribution in [3.63, 3.8) is 0 Å². The summed E-state index contributed by atoms with van der Waals surface area (Å²) in [4.78, 5) is 25.9. The molecule has 1 unspecified atom stereocenters. The molecule has 0 bridgehead atoms. The number of carbonyl (C=O) groups excluding carboxylic acids is 2. The number of carbonyl (C=O) groups is 2. The second-order valence-electron chi connectivity index (χ2n) is 6.19. The van der Waals surface area contributed by atoms with Crippen molar-refractivity contribution in [3.05, 3.63) is 34.9 Å². The van der Waals surface area contributed by atoms with E-state index in [9.17, 15) is 18.0 Å². The molecule has 1 aromatic carbocycles. The molecule has 6 nitrogen and oxygen atoms in total. The van der Waals surface area contributed by atoms with Gasteiger partial charge < -0.3 is 9.64 Å². The minimum Gasteiger partial charge on any atom is -0.452 e. The highest BCUT2D eigenvalue weighted by Crippen LogP contribution is 2.18. The van der Waals surface area contributed by atoms with Crippen LogP contribution in [0, 0.1) is 13.8 Å². The molecule has 7 heteroatoms. The minimum absolute atomic E-state index is 0.0163. The maximum Gasteiger partial charge on any atom is 0.338 e. The van der Waals surface area contributed by atoms with E-state index in [4.69, 9.17) is 4.74 Å². The lowest BCUT2D eigenvalue weighted by atomic mass is 10.1. The number of hydrogen-bond acceptors (Lipinski definition) is 5. The van der Waals surface area contributed by atoms with Crippen LogP contribution in [0.25, 0.3) is 0 Å². The number of likely N-dealkylation sites (N-methyl/N-ethyl adjacent to an activating group) is 1. The second kappa shape index (κ2) is 7.34. The van der Waals surface area contributed by atoms with Gasteiger partial charge in [-0.25, -0.2) is 13.2 Å². The van der Waals surface area contributed by atoms with Crippen LogP contribution in [0.2, 0.25) is 0 Å². The summed E-state index contributed by atoms with van der Waals surface area (Å²) in [6.07, 6.45) is 0.437. The van der Waals surface area contributed by atoms with Crippen LogP contribution in [-0.2, 0) is 19.4 Å². The van der Waals surface area contributed by atoms with Crippen molar-refractivity contribution >= 4 is 21.7 Å². The van der Waals surface area contributed by atoms with Crippen LogP contribution >= 0.6 is 0 Å². The van der Waals surface area contributed by atoms with Crippen LogP contribution in [0.5, 0.6) is 0 Å². The Hall–Kier alpha value is -1.89. The Morgan fingerprint density at radius 3 is 2.33 bits per heavy atom. The second-order valence-corrected chi connectivity index (χ2v) is 8.42. The van der Waals surface area contributed by atoms with Crippen molar-refractivity contribution in [1.82, 2.24) is 4.90 Å². The number of nitrogens with zero attached hydrogens (tertiary/aromatic N) is 1. The summed E-state index contributed by atoms with van der Waals surface area (Å²) >= 11 is 0. The molecule has 0 radical (unpaired) electrons. The van der Waals surface area contributed by atoms with E-state index >= 15 is 0 Å². The number of aryl methyl sites for hydroxylation is 2. The average molecular weight is 353 g/mol. The predicted molar refractivity (Wildman–Crippen MR) is 90.6 cm³/mol. The fourth-order valence-electron chi connectivity index (χ4n) is 3.05. The normalized spacial score (nSPS) is 19.0. The number of rotatable bonds is 5. The first-order chi connectivity index (χ1) is 11.2. The summed E-state index contributed by atoms with van der Waals surface area (Å²) in [5, 5.41) is 0. The van der Waals surface area contributed by atoms with Crippen molar-refractivity contribution < 1.29 is 22.7 Å². The predicted octanol–water partition coefficient (Wildman–Crippen LogP) is 1.50. The standard InChI is InChI=1S/C17H23NO5S/c1-4-18(15-5-6-24(21,22)11-15)16(19)10-23-17(20)14-8-12(2)7-13(3)9-14/h7-9,15H,4-6,10-11H2,1-3H3. The molecule has 1 aliphatic heterocycles. The Labute approximate surface area is 142 Å². The van der Waals surface area contributed by atoms with Crippen molar-refractivity contribution in [2.24, 2.45) is 0 Å². The lowest BCUT2D eigenvalue weighted by Crippen LogP contribution is -2.43. The van der Waals surface area contributed by atoms with E-state index in [1.165, 1.54) is 4.90 Å². The highest BCUT2D eigenvalue weighted by atomic mass is 32.2. The molecule has 1 aromatic rings. The van der Waals surface area contributed by atoms with Gasteiger partial charge in [0.25, 0.3) is 5.91 Å². The molecule has 1 aliphatic rings. The van der Waals surface area contributed by atoms with Gasteiger partial charge in [-0.1, -0.05) is 17.2 Å². The van der Waals surface area contributed by atoms with Crippen molar-refractivity contribution in [1.29, 1.82) is 0 Å². The Balaban J connectivity index is 1.97. The smallest absolute Gasteiger partial charge is 0.338 e. The summed E-state index contributed by atoms with van der Waals surface area (Å²) in [7, 11) is -3.07. The Morgan fingerprint density at radius 1 is 1.21 bits per heavy atom. The van der Waals surface area contributed by atoms with Gasteiger partial charge in [0.15, 0.2) is 16.4 Å². The molecule has 0 aliphatic carbocycles. The van der Waals surface area contributed by atoms with Gasteiger partial charge >= 0.3 is 5.97 Å². The highest BCUT2D eigenvalue weighted by Gasteiger charge is 2.34. The highest BCUT2D eigenvalue weighted by molar-refractivity contribution is 7.91. The Kier molecular flexibility index (Phi) is 5.64. The third-order valence-electron chi connectivity index (χ3n) is 4.09. The molecule has 0 spiro atoms. The number of hydrogen-bond donors (Lipinski definition) is 0. The molecule has 1 amide bonds. The third-order valence-corrected chi connectivity index (χ3v) is 5.84. The van der Waals surface area contributed by atoms with Gasteiger partial charge in [0.1, 0.15) is 0 Å². The zero-order valence-electron chi connectivity index (χ0n) is 14.2. The first kappa shape index (κ1) is 18.4. The first-order valence-electron chi connectivity index (χ1n) is 7.97. The van der Waals surface area contributed by atoms with Crippen molar-refractivity contribution in [3.8, 4) is 0 Å². The monoisotopic (exact) mass is 353 g/mol. The van der Waals surface area contributed by atoms with Gasteiger partial charge in [-0.15, -0.1) is 0 Å². The summed E-state index contributed by atoms with van der Waals surface area (Å²) in [6, 6.07) is 5.04. The number of amides is 1. The van der Waals surface area contributed by atoms with Crippen LogP contribution in [0.3, 0.4) is 0 Å². The number of benzene rings is 1. The van der Waals surface area contributed by atoms with Crippen LogP contribution in [0.15, 0.2) is 18.2 Å². The molecule has 132 valence electrons. The summed E-state index contributed by atoms with van der Waals surface area (Å²) in [6.45, 7) is 5.56. The van der Waals surface area contributed by atoms with E-state index in [0.717, 1.165) is 11.1 Å². The summed E-state index contributed by atoms with van der Waals surface area (Å²) in [5.74, 6) is -0.830. The number of sulfone groups is 1. The van der Waals surface area contributed by atoms with E-state index in [0.29, 0.717) is 18.5 Å². The van der Waals surface area contributed by atoms with E-state index < -0.39 is 15.8 Å². The maximum atomic E-state index is 12.3. The van der Waals surface area contributed by atoms with Crippen LogP contribution in [0.1, 0.15) is 34.8 Å². The molecular weight excluding hydrogens is 330 g/mol. The van der Waals surface area contributed by atoms with E-state index in [-0.39, 0.29) is 30.1 Å². The van der Waals surface area contributed by atoms with Gasteiger partial charge in [0.05, 0.1) is 17.1 Å². The van der Waals surface area contributed by atoms with Crippen molar-refractivity contribution in [2.75, 3.05) is 24.7 Å². The fourth-order valence-corrected chi connectivity index (χ4v) is 4.78. The first-order valence-corrected chi connectivity index (χ1v) is 9.79. The number of esters is 1. The van der Waals surface area contributed by atoms with Gasteiger partial charge in [-0.2, -0.15) is 0 Å². The van der Waals surface area contributed by atoms with Crippen LogP contribution < -0.4 is 0 Å². The SMILES string of the molecule is CCN(C(=O)COC(=O)c1cc(C)cc(C)c1)C1CCS(=O)(=O)C1. The van der Waals surface area contributed by atoms with E-state index in [2.05, 4.69) is 0 Å². The molecule has 1 saturated heterocycles. The fraction of sp³-hybridized carbons (Fsp3) is 0.529. The molecule has 0 saturated carbocycles. The molecule has 2 rings (SSSR count). The molecule has 24 heavy (non-hydrogen) atoms. The lowest BCUT2D eigenvalue weighted by Gasteiger charge is -2.26. The molecule has 1 atom stereocenters. The Morgan fingerprint density at radius 2 is 1.83 bits per heavy atom. The molecule has 0 N–H and O–H groups in total. The van der Waals surface area contributed by atoms with Gasteiger partial charge in [0, 0.05) is 12.6 Å². The quantitative estimate of drug-likeness (QED) is 0.749. The van der Waals surface area contributed by atoms with Gasteiger partial charge in [0.2, 0.25) is 0 Å². The topological polar surface area (TPSA) is 80.8 Å². The zero-order valence-corrected chi connectivity index (χ0v) is 15.1. The largest absolute Gasteiger partial charge is 0.452 e. The zero-order chi connectivity index (χ0) is 17.9. The summed E-state index contributed by atoms with van der Waals surface area (Å²) in [5.41, 5.74) is 2.30.